The van der Waals surface area contributed by atoms with Gasteiger partial charge in [0.05, 0.1) is 12.6 Å². The van der Waals surface area contributed by atoms with Gasteiger partial charge in [-0.15, -0.1) is 11.3 Å². The zero-order valence-electron chi connectivity index (χ0n) is 10.6. The second-order valence-electron chi connectivity index (χ2n) is 4.21. The summed E-state index contributed by atoms with van der Waals surface area (Å²) in [6.45, 7) is 3.72. The molecule has 0 aromatic carbocycles. The maximum Gasteiger partial charge on any atom is 0.231 e. The maximum atomic E-state index is 11.2. The molecule has 4 N–H and O–H groups in total. The molecule has 1 aromatic heterocycles. The van der Waals surface area contributed by atoms with Crippen molar-refractivity contribution >= 4 is 33.2 Å². The van der Waals surface area contributed by atoms with Gasteiger partial charge >= 0.3 is 0 Å². The molecule has 1 atom stereocenters. The molecule has 0 saturated carbocycles. The van der Waals surface area contributed by atoms with Gasteiger partial charge in [0.15, 0.2) is 0 Å². The largest absolute Gasteiger partial charge is 0.369 e. The quantitative estimate of drug-likeness (QED) is 0.765. The topological polar surface area (TPSA) is 72.3 Å². The number of rotatable bonds is 8. The van der Waals surface area contributed by atoms with Crippen molar-refractivity contribution in [2.24, 2.45) is 11.5 Å². The van der Waals surface area contributed by atoms with E-state index in [0.29, 0.717) is 6.54 Å². The van der Waals surface area contributed by atoms with Crippen molar-refractivity contribution < 1.29 is 4.79 Å². The first-order valence-corrected chi connectivity index (χ1v) is 7.72. The van der Waals surface area contributed by atoms with Gasteiger partial charge in [-0.05, 0) is 35.0 Å². The predicted molar refractivity (Wildman–Crippen MR) is 79.5 cm³/mol. The van der Waals surface area contributed by atoms with E-state index in [2.05, 4.69) is 33.8 Å². The lowest BCUT2D eigenvalue weighted by Gasteiger charge is -2.29. The molecule has 102 valence electrons. The van der Waals surface area contributed by atoms with E-state index in [1.807, 2.05) is 5.38 Å². The molecule has 0 bridgehead atoms. The number of hydrogen-bond donors (Lipinski definition) is 2. The van der Waals surface area contributed by atoms with Gasteiger partial charge in [-0.2, -0.15) is 0 Å². The van der Waals surface area contributed by atoms with Crippen LogP contribution in [0.4, 0.5) is 0 Å². The molecular weight excluding hydrogens is 314 g/mol. The molecule has 0 aliphatic carbocycles. The first kappa shape index (κ1) is 15.6. The monoisotopic (exact) mass is 333 g/mol. The molecule has 6 heteroatoms. The number of nitrogens with two attached hydrogens (primary N) is 2. The van der Waals surface area contributed by atoms with Crippen molar-refractivity contribution in [3.05, 3.63) is 20.8 Å². The van der Waals surface area contributed by atoms with Gasteiger partial charge in [0, 0.05) is 21.3 Å². The number of halogens is 1. The molecule has 1 aromatic rings. The van der Waals surface area contributed by atoms with Gasteiger partial charge in [-0.25, -0.2) is 0 Å². The van der Waals surface area contributed by atoms with Crippen LogP contribution in [-0.2, 0) is 4.79 Å². The van der Waals surface area contributed by atoms with E-state index in [4.69, 9.17) is 11.5 Å². The number of amides is 1. The molecule has 1 rings (SSSR count). The molecule has 0 fully saturated rings. The Morgan fingerprint density at radius 3 is 2.78 bits per heavy atom. The van der Waals surface area contributed by atoms with Crippen molar-refractivity contribution in [2.45, 2.75) is 25.8 Å². The normalized spacial score (nSPS) is 12.9. The average Bonchev–Trinajstić information content (AvgIpc) is 2.72. The van der Waals surface area contributed by atoms with Gasteiger partial charge in [-0.3, -0.25) is 9.69 Å². The SMILES string of the molecule is CCCCN(CC(N)=O)C(CN)c1cc(Br)cs1. The van der Waals surface area contributed by atoms with Crippen LogP contribution in [0.25, 0.3) is 0 Å². The number of thiophene rings is 1. The van der Waals surface area contributed by atoms with Crippen LogP contribution in [0.1, 0.15) is 30.7 Å². The highest BCUT2D eigenvalue weighted by atomic mass is 79.9. The van der Waals surface area contributed by atoms with Gasteiger partial charge < -0.3 is 11.5 Å². The Morgan fingerprint density at radius 1 is 1.61 bits per heavy atom. The van der Waals surface area contributed by atoms with E-state index in [-0.39, 0.29) is 18.5 Å². The number of unbranched alkanes of at least 4 members (excludes halogenated alkanes) is 1. The standard InChI is InChI=1S/C12H20BrN3OS/c1-2-3-4-16(7-12(15)17)10(6-14)11-5-9(13)8-18-11/h5,8,10H,2-4,6-7,14H2,1H3,(H2,15,17). The Kier molecular flexibility index (Phi) is 6.85. The molecule has 18 heavy (non-hydrogen) atoms. The van der Waals surface area contributed by atoms with E-state index >= 15 is 0 Å². The minimum Gasteiger partial charge on any atom is -0.369 e. The molecule has 0 radical (unpaired) electrons. The van der Waals surface area contributed by atoms with Crippen LogP contribution in [0.5, 0.6) is 0 Å². The highest BCUT2D eigenvalue weighted by molar-refractivity contribution is 9.10. The summed E-state index contributed by atoms with van der Waals surface area (Å²) in [4.78, 5) is 14.4. The lowest BCUT2D eigenvalue weighted by atomic mass is 10.2. The maximum absolute atomic E-state index is 11.2. The Labute approximate surface area is 120 Å². The Hall–Kier alpha value is -0.430. The highest BCUT2D eigenvalue weighted by Gasteiger charge is 2.21. The van der Waals surface area contributed by atoms with Crippen LogP contribution in [0.3, 0.4) is 0 Å². The van der Waals surface area contributed by atoms with Crippen molar-refractivity contribution in [1.29, 1.82) is 0 Å². The van der Waals surface area contributed by atoms with Crippen molar-refractivity contribution in [3.8, 4) is 0 Å². The zero-order valence-corrected chi connectivity index (χ0v) is 13.0. The van der Waals surface area contributed by atoms with E-state index < -0.39 is 0 Å². The summed E-state index contributed by atoms with van der Waals surface area (Å²) >= 11 is 5.09. The number of nitrogens with zero attached hydrogens (tertiary/aromatic N) is 1. The fourth-order valence-electron chi connectivity index (χ4n) is 1.85. The van der Waals surface area contributed by atoms with E-state index in [1.54, 1.807) is 11.3 Å². The van der Waals surface area contributed by atoms with Crippen LogP contribution in [0.15, 0.2) is 15.9 Å². The highest BCUT2D eigenvalue weighted by Crippen LogP contribution is 2.29. The molecule has 0 aliphatic heterocycles. The third-order valence-electron chi connectivity index (χ3n) is 2.74. The summed E-state index contributed by atoms with van der Waals surface area (Å²) in [6.07, 6.45) is 2.12. The van der Waals surface area contributed by atoms with Crippen LogP contribution >= 0.6 is 27.3 Å². The fraction of sp³-hybridized carbons (Fsp3) is 0.583. The summed E-state index contributed by atoms with van der Waals surface area (Å²) in [5, 5.41) is 2.03. The van der Waals surface area contributed by atoms with Gasteiger partial charge in [0.25, 0.3) is 0 Å². The van der Waals surface area contributed by atoms with Crippen LogP contribution in [0, 0.1) is 0 Å². The van der Waals surface area contributed by atoms with Crippen LogP contribution in [-0.4, -0.2) is 30.4 Å². The van der Waals surface area contributed by atoms with Crippen molar-refractivity contribution in [2.75, 3.05) is 19.6 Å². The van der Waals surface area contributed by atoms with E-state index in [0.717, 1.165) is 23.9 Å². The smallest absolute Gasteiger partial charge is 0.231 e. The van der Waals surface area contributed by atoms with Crippen molar-refractivity contribution in [1.82, 2.24) is 4.90 Å². The van der Waals surface area contributed by atoms with Crippen LogP contribution < -0.4 is 11.5 Å². The number of hydrogen-bond acceptors (Lipinski definition) is 4. The van der Waals surface area contributed by atoms with E-state index in [9.17, 15) is 4.79 Å². The molecule has 0 saturated heterocycles. The van der Waals surface area contributed by atoms with Gasteiger partial charge in [-0.1, -0.05) is 13.3 Å². The minimum absolute atomic E-state index is 0.0698. The van der Waals surface area contributed by atoms with E-state index in [1.165, 1.54) is 4.88 Å². The zero-order chi connectivity index (χ0) is 13.5. The number of primary amides is 1. The molecular formula is C12H20BrN3OS. The molecule has 0 spiro atoms. The first-order valence-electron chi connectivity index (χ1n) is 6.04. The minimum atomic E-state index is -0.305. The van der Waals surface area contributed by atoms with Gasteiger partial charge in [0.2, 0.25) is 5.91 Å². The second kappa shape index (κ2) is 7.89. The molecule has 1 unspecified atom stereocenters. The lowest BCUT2D eigenvalue weighted by molar-refractivity contribution is -0.119. The Morgan fingerprint density at radius 2 is 2.33 bits per heavy atom. The summed E-state index contributed by atoms with van der Waals surface area (Å²) in [6, 6.07) is 2.13. The number of carbonyl (C=O) groups excluding carboxylic acids is 1. The Balaban J connectivity index is 2.81. The molecule has 0 aliphatic rings. The van der Waals surface area contributed by atoms with Crippen LogP contribution in [0.2, 0.25) is 0 Å². The fourth-order valence-corrected chi connectivity index (χ4v) is 3.45. The summed E-state index contributed by atoms with van der Waals surface area (Å²) in [5.41, 5.74) is 11.2. The third kappa shape index (κ3) is 4.68. The Bertz CT molecular complexity index is 383. The first-order chi connectivity index (χ1) is 8.58. The predicted octanol–water partition coefficient (Wildman–Crippen LogP) is 2.10. The lowest BCUT2D eigenvalue weighted by Crippen LogP contribution is -2.40. The summed E-state index contributed by atoms with van der Waals surface area (Å²) in [7, 11) is 0. The van der Waals surface area contributed by atoms with Crippen molar-refractivity contribution in [3.63, 3.8) is 0 Å². The average molecular weight is 334 g/mol. The summed E-state index contributed by atoms with van der Waals surface area (Å²) in [5.74, 6) is -0.305. The molecule has 4 nitrogen and oxygen atoms in total. The molecule has 1 amide bonds. The third-order valence-corrected chi connectivity index (χ3v) is 4.53. The number of carbonyl (C=O) groups is 1. The second-order valence-corrected chi connectivity index (χ2v) is 6.07. The summed E-state index contributed by atoms with van der Waals surface area (Å²) < 4.78 is 1.05. The molecule has 1 heterocycles. The van der Waals surface area contributed by atoms with Gasteiger partial charge in [0.1, 0.15) is 0 Å².